The minimum atomic E-state index is -1.15. The number of hydrogen-bond donors (Lipinski definition) is 2. The van der Waals surface area contributed by atoms with Gasteiger partial charge in [-0.15, -0.1) is 0 Å². The molecule has 86 valence electrons. The quantitative estimate of drug-likeness (QED) is 0.729. The van der Waals surface area contributed by atoms with Crippen LogP contribution >= 0.6 is 0 Å². The Kier molecular flexibility index (Phi) is 4.41. The molecule has 0 radical (unpaired) electrons. The van der Waals surface area contributed by atoms with Gasteiger partial charge in [0.05, 0.1) is 6.61 Å². The van der Waals surface area contributed by atoms with Gasteiger partial charge in [-0.1, -0.05) is 6.07 Å². The molecule has 1 atom stereocenters. The van der Waals surface area contributed by atoms with Gasteiger partial charge in [0.15, 0.2) is 6.04 Å². The van der Waals surface area contributed by atoms with Crippen LogP contribution < -0.4 is 5.32 Å². The van der Waals surface area contributed by atoms with Crippen molar-refractivity contribution in [2.75, 3.05) is 13.7 Å². The van der Waals surface area contributed by atoms with Gasteiger partial charge in [0, 0.05) is 13.3 Å². The number of aliphatic carboxylic acids is 1. The van der Waals surface area contributed by atoms with Crippen molar-refractivity contribution >= 4 is 11.9 Å². The number of rotatable bonds is 5. The fraction of sp³-hybridized carbons (Fsp3) is 0.300. The fourth-order valence-electron chi connectivity index (χ4n) is 1.07. The molecular formula is C10H12N2O4. The van der Waals surface area contributed by atoms with Crippen molar-refractivity contribution in [3.05, 3.63) is 30.1 Å². The maximum atomic E-state index is 11.5. The first-order valence-corrected chi connectivity index (χ1v) is 4.58. The first-order valence-electron chi connectivity index (χ1n) is 4.58. The summed E-state index contributed by atoms with van der Waals surface area (Å²) in [5, 5.41) is 11.1. The van der Waals surface area contributed by atoms with Crippen molar-refractivity contribution < 1.29 is 19.4 Å². The van der Waals surface area contributed by atoms with Crippen molar-refractivity contribution in [3.8, 4) is 0 Å². The molecule has 0 unspecified atom stereocenters. The molecule has 6 heteroatoms. The molecule has 0 fully saturated rings. The van der Waals surface area contributed by atoms with Crippen molar-refractivity contribution in [1.29, 1.82) is 0 Å². The summed E-state index contributed by atoms with van der Waals surface area (Å²) in [6, 6.07) is 3.75. The summed E-state index contributed by atoms with van der Waals surface area (Å²) in [6.45, 7) is -0.0894. The maximum absolute atomic E-state index is 11.5. The Labute approximate surface area is 92.3 Å². The van der Waals surface area contributed by atoms with E-state index in [4.69, 9.17) is 5.11 Å². The largest absolute Gasteiger partial charge is 0.480 e. The Morgan fingerprint density at radius 3 is 2.81 bits per heavy atom. The van der Waals surface area contributed by atoms with Crippen LogP contribution in [-0.4, -0.2) is 41.7 Å². The first-order chi connectivity index (χ1) is 7.65. The zero-order chi connectivity index (χ0) is 12.0. The number of amides is 1. The molecule has 1 heterocycles. The third-order valence-corrected chi connectivity index (χ3v) is 1.83. The number of carboxylic acids is 1. The molecule has 2 N–H and O–H groups in total. The van der Waals surface area contributed by atoms with Crippen LogP contribution in [0.25, 0.3) is 0 Å². The normalized spacial score (nSPS) is 11.8. The highest BCUT2D eigenvalue weighted by atomic mass is 16.5. The summed E-state index contributed by atoms with van der Waals surface area (Å²) < 4.78 is 4.69. The van der Waals surface area contributed by atoms with Crippen LogP contribution in [0.1, 0.15) is 10.5 Å². The van der Waals surface area contributed by atoms with Crippen molar-refractivity contribution in [3.63, 3.8) is 0 Å². The summed E-state index contributed by atoms with van der Waals surface area (Å²) >= 11 is 0. The molecule has 0 saturated heterocycles. The standard InChI is InChI=1S/C10H12N2O4/c1-16-6-8(10(14)15)12-9(13)7-4-2-3-5-11-7/h2-5,8H,6H2,1H3,(H,12,13)(H,14,15)/t8-/m0/s1. The van der Waals surface area contributed by atoms with Gasteiger partial charge in [-0.05, 0) is 12.1 Å². The van der Waals surface area contributed by atoms with Gasteiger partial charge in [0.1, 0.15) is 5.69 Å². The summed E-state index contributed by atoms with van der Waals surface area (Å²) in [4.78, 5) is 26.1. The van der Waals surface area contributed by atoms with Crippen LogP contribution in [-0.2, 0) is 9.53 Å². The number of nitrogens with zero attached hydrogens (tertiary/aromatic N) is 1. The van der Waals surface area contributed by atoms with E-state index in [9.17, 15) is 9.59 Å². The molecule has 0 aliphatic rings. The number of hydrogen-bond acceptors (Lipinski definition) is 4. The lowest BCUT2D eigenvalue weighted by Gasteiger charge is -2.12. The maximum Gasteiger partial charge on any atom is 0.328 e. The minimum absolute atomic E-state index is 0.0894. The number of nitrogens with one attached hydrogen (secondary N) is 1. The highest BCUT2D eigenvalue weighted by Crippen LogP contribution is 1.95. The van der Waals surface area contributed by atoms with Crippen LogP contribution in [0, 0.1) is 0 Å². The summed E-state index contributed by atoms with van der Waals surface area (Å²) in [6.07, 6.45) is 1.46. The van der Waals surface area contributed by atoms with Gasteiger partial charge in [-0.3, -0.25) is 9.78 Å². The predicted molar refractivity (Wildman–Crippen MR) is 55.0 cm³/mol. The first kappa shape index (κ1) is 12.1. The number of ether oxygens (including phenoxy) is 1. The van der Waals surface area contributed by atoms with Crippen LogP contribution in [0.5, 0.6) is 0 Å². The average molecular weight is 224 g/mol. The second-order valence-corrected chi connectivity index (χ2v) is 3.03. The number of pyridine rings is 1. The zero-order valence-electron chi connectivity index (χ0n) is 8.71. The van der Waals surface area contributed by atoms with E-state index in [2.05, 4.69) is 15.0 Å². The topological polar surface area (TPSA) is 88.5 Å². The molecule has 0 aromatic carbocycles. The highest BCUT2D eigenvalue weighted by molar-refractivity contribution is 5.94. The molecule has 1 aromatic heterocycles. The van der Waals surface area contributed by atoms with Gasteiger partial charge in [0.2, 0.25) is 0 Å². The molecule has 1 aromatic rings. The highest BCUT2D eigenvalue weighted by Gasteiger charge is 2.20. The number of carboxylic acid groups (broad SMARTS) is 1. The van der Waals surface area contributed by atoms with E-state index in [1.807, 2.05) is 0 Å². The molecule has 1 amide bonds. The lowest BCUT2D eigenvalue weighted by molar-refractivity contribution is -0.140. The molecule has 1 rings (SSSR count). The van der Waals surface area contributed by atoms with E-state index in [1.165, 1.54) is 19.4 Å². The van der Waals surface area contributed by atoms with Crippen molar-refractivity contribution in [2.24, 2.45) is 0 Å². The number of carbonyl (C=O) groups is 2. The Bertz CT molecular complexity index is 366. The van der Waals surface area contributed by atoms with E-state index >= 15 is 0 Å². The second kappa shape index (κ2) is 5.82. The Balaban J connectivity index is 2.65. The number of aromatic nitrogens is 1. The predicted octanol–water partition coefficient (Wildman–Crippen LogP) is -0.0890. The number of carbonyl (C=O) groups excluding carboxylic acids is 1. The smallest absolute Gasteiger partial charge is 0.328 e. The molecule has 0 spiro atoms. The molecule has 0 aliphatic heterocycles. The van der Waals surface area contributed by atoms with E-state index in [0.717, 1.165) is 0 Å². The third-order valence-electron chi connectivity index (χ3n) is 1.83. The van der Waals surface area contributed by atoms with Crippen molar-refractivity contribution in [1.82, 2.24) is 10.3 Å². The Morgan fingerprint density at radius 2 is 2.31 bits per heavy atom. The van der Waals surface area contributed by atoms with Gasteiger partial charge in [-0.2, -0.15) is 0 Å². The average Bonchev–Trinajstić information content (AvgIpc) is 2.29. The van der Waals surface area contributed by atoms with Crippen LogP contribution in [0.2, 0.25) is 0 Å². The van der Waals surface area contributed by atoms with Gasteiger partial charge < -0.3 is 15.2 Å². The van der Waals surface area contributed by atoms with Crippen LogP contribution in [0.4, 0.5) is 0 Å². The molecule has 0 aliphatic carbocycles. The minimum Gasteiger partial charge on any atom is -0.480 e. The SMILES string of the molecule is COC[C@H](NC(=O)c1ccccn1)C(=O)O. The van der Waals surface area contributed by atoms with E-state index < -0.39 is 17.9 Å². The zero-order valence-corrected chi connectivity index (χ0v) is 8.71. The lowest BCUT2D eigenvalue weighted by atomic mass is 10.3. The summed E-state index contributed by atoms with van der Waals surface area (Å²) in [5.74, 6) is -1.68. The third kappa shape index (κ3) is 3.32. The lowest BCUT2D eigenvalue weighted by Crippen LogP contribution is -2.44. The molecule has 16 heavy (non-hydrogen) atoms. The Morgan fingerprint density at radius 1 is 1.56 bits per heavy atom. The summed E-state index contributed by atoms with van der Waals surface area (Å²) in [7, 11) is 1.36. The van der Waals surface area contributed by atoms with Gasteiger partial charge in [-0.25, -0.2) is 4.79 Å². The van der Waals surface area contributed by atoms with Crippen LogP contribution in [0.3, 0.4) is 0 Å². The molecule has 0 bridgehead atoms. The fourth-order valence-corrected chi connectivity index (χ4v) is 1.07. The van der Waals surface area contributed by atoms with E-state index in [-0.39, 0.29) is 12.3 Å². The monoisotopic (exact) mass is 224 g/mol. The number of methoxy groups -OCH3 is 1. The van der Waals surface area contributed by atoms with Gasteiger partial charge in [0.25, 0.3) is 5.91 Å². The summed E-state index contributed by atoms with van der Waals surface area (Å²) in [5.41, 5.74) is 0.171. The Hall–Kier alpha value is -1.95. The molecule has 0 saturated carbocycles. The molecule has 6 nitrogen and oxygen atoms in total. The van der Waals surface area contributed by atoms with E-state index in [0.29, 0.717) is 0 Å². The van der Waals surface area contributed by atoms with E-state index in [1.54, 1.807) is 12.1 Å². The second-order valence-electron chi connectivity index (χ2n) is 3.03. The molecular weight excluding hydrogens is 212 g/mol. The van der Waals surface area contributed by atoms with Gasteiger partial charge >= 0.3 is 5.97 Å². The van der Waals surface area contributed by atoms with Crippen molar-refractivity contribution in [2.45, 2.75) is 6.04 Å². The van der Waals surface area contributed by atoms with Crippen LogP contribution in [0.15, 0.2) is 24.4 Å².